The molecule has 3 atom stereocenters. The average molecular weight is 583 g/mol. The summed E-state index contributed by atoms with van der Waals surface area (Å²) in [6.07, 6.45) is 9.53. The van der Waals surface area contributed by atoms with E-state index >= 15 is 4.39 Å². The molecular weight excluding hydrogens is 554 g/mol. The number of aromatic amines is 1. The van der Waals surface area contributed by atoms with Crippen LogP contribution in [0.3, 0.4) is 0 Å². The van der Waals surface area contributed by atoms with Gasteiger partial charge in [0.05, 0.1) is 16.8 Å². The van der Waals surface area contributed by atoms with Gasteiger partial charge in [-0.1, -0.05) is 17.7 Å². The van der Waals surface area contributed by atoms with Crippen molar-refractivity contribution in [2.75, 3.05) is 5.32 Å². The average Bonchev–Trinajstić information content (AvgIpc) is 3.57. The van der Waals surface area contributed by atoms with E-state index in [1.165, 1.54) is 31.5 Å². The Morgan fingerprint density at radius 2 is 2.10 bits per heavy atom. The van der Waals surface area contributed by atoms with E-state index in [-0.39, 0.29) is 23.3 Å². The van der Waals surface area contributed by atoms with Crippen LogP contribution in [0.4, 0.5) is 14.6 Å². The first kappa shape index (κ1) is 27.3. The fourth-order valence-corrected chi connectivity index (χ4v) is 6.05. The van der Waals surface area contributed by atoms with Gasteiger partial charge in [-0.05, 0) is 68.2 Å². The van der Waals surface area contributed by atoms with Gasteiger partial charge >= 0.3 is 5.76 Å². The Bertz CT molecular complexity index is 1620. The first-order valence-electron chi connectivity index (χ1n) is 13.5. The van der Waals surface area contributed by atoms with Gasteiger partial charge in [0.2, 0.25) is 5.67 Å². The van der Waals surface area contributed by atoms with Crippen molar-refractivity contribution in [3.63, 3.8) is 0 Å². The molecule has 5 heterocycles. The lowest BCUT2D eigenvalue weighted by Crippen LogP contribution is -2.39. The molecule has 13 heteroatoms. The molecular formula is C28H29ClF2N8O2. The van der Waals surface area contributed by atoms with Gasteiger partial charge in [0.1, 0.15) is 11.5 Å². The van der Waals surface area contributed by atoms with E-state index in [2.05, 4.69) is 37.4 Å². The number of nitrogens with zero attached hydrogens (tertiary/aromatic N) is 5. The Hall–Kier alpha value is -3.90. The van der Waals surface area contributed by atoms with Gasteiger partial charge in [-0.15, -0.1) is 11.7 Å². The van der Waals surface area contributed by atoms with Crippen LogP contribution in [-0.2, 0) is 12.2 Å². The first-order valence-corrected chi connectivity index (χ1v) is 13.8. The highest BCUT2D eigenvalue weighted by atomic mass is 35.5. The molecule has 0 aromatic carbocycles. The Labute approximate surface area is 239 Å². The Balaban J connectivity index is 1.52. The van der Waals surface area contributed by atoms with Crippen molar-refractivity contribution in [3.8, 4) is 0 Å². The van der Waals surface area contributed by atoms with Gasteiger partial charge in [0, 0.05) is 25.1 Å². The molecule has 3 N–H and O–H groups in total. The van der Waals surface area contributed by atoms with E-state index in [1.54, 1.807) is 12.3 Å². The zero-order valence-corrected chi connectivity index (χ0v) is 23.0. The number of fused-ring (bicyclic) bond motifs is 1. The predicted octanol–water partition coefficient (Wildman–Crippen LogP) is 5.17. The van der Waals surface area contributed by atoms with Crippen molar-refractivity contribution in [1.82, 2.24) is 35.0 Å². The zero-order chi connectivity index (χ0) is 28.7. The van der Waals surface area contributed by atoms with Crippen molar-refractivity contribution in [2.24, 2.45) is 11.8 Å². The molecule has 1 aliphatic heterocycles. The third-order valence-electron chi connectivity index (χ3n) is 7.94. The second kappa shape index (κ2) is 10.8. The van der Waals surface area contributed by atoms with Gasteiger partial charge in [-0.2, -0.15) is 0 Å². The molecule has 1 saturated carbocycles. The monoisotopic (exact) mass is 582 g/mol. The van der Waals surface area contributed by atoms with Crippen LogP contribution in [0.2, 0.25) is 5.02 Å². The van der Waals surface area contributed by atoms with Crippen LogP contribution in [-0.4, -0.2) is 29.7 Å². The molecule has 0 bridgehead atoms. The maximum absolute atomic E-state index is 16.9. The largest absolute Gasteiger partial charge is 0.434 e. The van der Waals surface area contributed by atoms with Crippen LogP contribution in [0.25, 0.3) is 0 Å². The topological polar surface area (TPSA) is 127 Å². The van der Waals surface area contributed by atoms with E-state index < -0.39 is 29.4 Å². The highest BCUT2D eigenvalue weighted by Crippen LogP contribution is 2.43. The van der Waals surface area contributed by atoms with Crippen LogP contribution in [0.5, 0.6) is 0 Å². The molecule has 0 saturated heterocycles. The normalized spacial score (nSPS) is 23.8. The predicted molar refractivity (Wildman–Crippen MR) is 147 cm³/mol. The third kappa shape index (κ3) is 5.17. The van der Waals surface area contributed by atoms with Crippen molar-refractivity contribution < 1.29 is 13.2 Å². The molecule has 1 fully saturated rings. The number of hydrogen-bond acceptors (Lipinski definition) is 8. The third-order valence-corrected chi connectivity index (χ3v) is 8.15. The summed E-state index contributed by atoms with van der Waals surface area (Å²) in [4.78, 5) is 24.8. The quantitative estimate of drug-likeness (QED) is 0.255. The Kier molecular flexibility index (Phi) is 7.20. The number of nitrogens with one attached hydrogen (secondary N) is 3. The summed E-state index contributed by atoms with van der Waals surface area (Å²) in [6.45, 7) is 5.66. The van der Waals surface area contributed by atoms with Gasteiger partial charge < -0.3 is 14.3 Å². The first-order chi connectivity index (χ1) is 19.7. The van der Waals surface area contributed by atoms with E-state index in [0.717, 1.165) is 25.7 Å². The maximum Gasteiger partial charge on any atom is 0.434 e. The van der Waals surface area contributed by atoms with Crippen LogP contribution < -0.4 is 16.4 Å². The lowest BCUT2D eigenvalue weighted by molar-refractivity contribution is 0.201. The summed E-state index contributed by atoms with van der Waals surface area (Å²) in [5.41, 5.74) is -1.45. The molecule has 0 radical (unpaired) electrons. The summed E-state index contributed by atoms with van der Waals surface area (Å²) in [5.74, 6) is -0.433. The number of aromatic nitrogens is 6. The molecule has 1 aliphatic carbocycles. The number of imidazole rings is 1. The lowest BCUT2D eigenvalue weighted by Gasteiger charge is -2.34. The van der Waals surface area contributed by atoms with Crippen molar-refractivity contribution in [1.29, 1.82) is 0 Å². The second-order valence-electron chi connectivity index (χ2n) is 10.7. The highest BCUT2D eigenvalue weighted by Gasteiger charge is 2.44. The molecule has 4 aromatic heterocycles. The number of halogens is 3. The summed E-state index contributed by atoms with van der Waals surface area (Å²) >= 11 is 6.32. The van der Waals surface area contributed by atoms with E-state index in [9.17, 15) is 9.18 Å². The van der Waals surface area contributed by atoms with Crippen LogP contribution in [0.15, 0.2) is 58.7 Å². The smallest absolute Gasteiger partial charge is 0.389 e. The zero-order valence-electron chi connectivity index (χ0n) is 22.3. The number of anilines is 1. The number of H-pyrrole nitrogens is 1. The molecule has 214 valence electrons. The number of alkyl halides is 1. The summed E-state index contributed by atoms with van der Waals surface area (Å²) < 4.78 is 38.9. The maximum atomic E-state index is 16.9. The van der Waals surface area contributed by atoms with E-state index in [1.807, 2.05) is 10.6 Å². The van der Waals surface area contributed by atoms with Crippen LogP contribution in [0.1, 0.15) is 73.5 Å². The Morgan fingerprint density at radius 1 is 1.29 bits per heavy atom. The molecule has 10 nitrogen and oxygen atoms in total. The Morgan fingerprint density at radius 3 is 2.78 bits per heavy atom. The summed E-state index contributed by atoms with van der Waals surface area (Å²) in [5, 5.41) is 13.2. The van der Waals surface area contributed by atoms with Crippen LogP contribution in [0, 0.1) is 17.7 Å². The molecule has 0 amide bonds. The molecule has 2 aliphatic rings. The molecule has 3 unspecified atom stereocenters. The number of pyridine rings is 2. The minimum absolute atomic E-state index is 0.00404. The van der Waals surface area contributed by atoms with Gasteiger partial charge in [-0.3, -0.25) is 15.3 Å². The minimum Gasteiger partial charge on any atom is -0.389 e. The van der Waals surface area contributed by atoms with Gasteiger partial charge in [0.25, 0.3) is 5.89 Å². The van der Waals surface area contributed by atoms with Gasteiger partial charge in [0.15, 0.2) is 17.8 Å². The summed E-state index contributed by atoms with van der Waals surface area (Å²) in [7, 11) is 0. The van der Waals surface area contributed by atoms with E-state index in [4.69, 9.17) is 21.0 Å². The molecule has 0 spiro atoms. The molecule has 41 heavy (non-hydrogen) atoms. The minimum atomic E-state index is -2.38. The molecule has 6 rings (SSSR count). The molecule has 4 aromatic rings. The van der Waals surface area contributed by atoms with Gasteiger partial charge in [-0.25, -0.2) is 23.7 Å². The fourth-order valence-electron chi connectivity index (χ4n) is 5.87. The SMILES string of the molecule is C=CC1CCC(Cn2c(C(C)(F)c3ncccc3F)nc3c2C(c2cncc(Cl)c2)NC(c2n[nH]c(=O)o2)N3)CC1. The number of hydrogen-bond donors (Lipinski definition) is 3. The van der Waals surface area contributed by atoms with Crippen molar-refractivity contribution in [3.05, 3.63) is 99.5 Å². The fraction of sp³-hybridized carbons (Fsp3) is 0.393. The summed E-state index contributed by atoms with van der Waals surface area (Å²) in [6, 6.07) is 3.73. The van der Waals surface area contributed by atoms with Crippen LogP contribution >= 0.6 is 11.6 Å². The number of rotatable bonds is 7. The lowest BCUT2D eigenvalue weighted by atomic mass is 9.82. The number of allylic oxidation sites excluding steroid dienone is 1. The van der Waals surface area contributed by atoms with Crippen molar-refractivity contribution in [2.45, 2.75) is 57.0 Å². The second-order valence-corrected chi connectivity index (χ2v) is 11.1. The highest BCUT2D eigenvalue weighted by molar-refractivity contribution is 6.30. The van der Waals surface area contributed by atoms with Crippen molar-refractivity contribution >= 4 is 17.4 Å². The van der Waals surface area contributed by atoms with E-state index in [0.29, 0.717) is 34.6 Å². The standard InChI is InChI=1S/C28H29ClF2N8O2/c1-3-15-6-8-16(9-7-15)14-39-21-20(17-11-18(29)13-32-12-17)34-24(25-37-38-27(40)41-25)35-23(21)36-26(39)28(2,31)22-19(30)5-4-10-33-22/h3-5,10-13,15-16,20,24,34-35H,1,6-9,14H2,2H3,(H,38,40).